The number of nitrogens with one attached hydrogen (secondary N) is 3. The smallest absolute Gasteiger partial charge is 0.253 e. The van der Waals surface area contributed by atoms with Crippen molar-refractivity contribution in [2.75, 3.05) is 19.6 Å². The molecule has 0 radical (unpaired) electrons. The summed E-state index contributed by atoms with van der Waals surface area (Å²) in [7, 11) is 0. The van der Waals surface area contributed by atoms with Gasteiger partial charge in [0.2, 0.25) is 0 Å². The average molecular weight is 283 g/mol. The van der Waals surface area contributed by atoms with Crippen LogP contribution in [-0.2, 0) is 0 Å². The van der Waals surface area contributed by atoms with Crippen molar-refractivity contribution in [1.29, 1.82) is 0 Å². The third-order valence-corrected chi connectivity index (χ3v) is 2.74. The number of carbonyl (C=O) groups is 1. The van der Waals surface area contributed by atoms with Crippen LogP contribution in [0.4, 0.5) is 0 Å². The second-order valence-electron chi connectivity index (χ2n) is 4.15. The van der Waals surface area contributed by atoms with Crippen LogP contribution in [0.5, 0.6) is 0 Å². The second kappa shape index (κ2) is 7.76. The summed E-state index contributed by atoms with van der Waals surface area (Å²) in [5.41, 5.74) is 1.43. The molecule has 0 spiro atoms. The van der Waals surface area contributed by atoms with Gasteiger partial charge in [-0.05, 0) is 19.0 Å². The van der Waals surface area contributed by atoms with Gasteiger partial charge in [-0.15, -0.1) is 12.4 Å². The predicted molar refractivity (Wildman–Crippen MR) is 78.8 cm³/mol. The fourth-order valence-electron chi connectivity index (χ4n) is 1.82. The molecule has 0 aliphatic heterocycles. The van der Waals surface area contributed by atoms with Gasteiger partial charge >= 0.3 is 0 Å². The molecule has 1 heterocycles. The first-order valence-electron chi connectivity index (χ1n) is 6.24. The summed E-state index contributed by atoms with van der Waals surface area (Å²) >= 11 is 0. The van der Waals surface area contributed by atoms with Gasteiger partial charge in [0.25, 0.3) is 5.91 Å². The fourth-order valence-corrected chi connectivity index (χ4v) is 1.82. The van der Waals surface area contributed by atoms with Crippen LogP contribution in [0.25, 0.3) is 10.9 Å². The molecule has 104 valence electrons. The molecule has 0 atom stereocenters. The van der Waals surface area contributed by atoms with E-state index < -0.39 is 0 Å². The number of hydrogen-bond acceptors (Lipinski definition) is 3. The molecule has 3 N–H and O–H groups in total. The van der Waals surface area contributed by atoms with E-state index in [0.717, 1.165) is 30.4 Å². The Morgan fingerprint density at radius 1 is 1.32 bits per heavy atom. The van der Waals surface area contributed by atoms with Crippen molar-refractivity contribution in [3.05, 3.63) is 30.0 Å². The number of benzene rings is 1. The lowest BCUT2D eigenvalue weighted by Gasteiger charge is -2.06. The van der Waals surface area contributed by atoms with E-state index in [1.165, 1.54) is 0 Å². The lowest BCUT2D eigenvalue weighted by atomic mass is 10.1. The van der Waals surface area contributed by atoms with Crippen molar-refractivity contribution < 1.29 is 4.79 Å². The molecule has 0 saturated carbocycles. The van der Waals surface area contributed by atoms with Crippen molar-refractivity contribution in [3.8, 4) is 0 Å². The summed E-state index contributed by atoms with van der Waals surface area (Å²) < 4.78 is 0. The van der Waals surface area contributed by atoms with Crippen LogP contribution < -0.4 is 10.6 Å². The molecule has 0 fully saturated rings. The maximum Gasteiger partial charge on any atom is 0.253 e. The Bertz CT molecular complexity index is 526. The first kappa shape index (κ1) is 15.5. The molecule has 1 aromatic heterocycles. The Labute approximate surface area is 118 Å². The van der Waals surface area contributed by atoms with E-state index in [4.69, 9.17) is 0 Å². The van der Waals surface area contributed by atoms with Gasteiger partial charge in [0.1, 0.15) is 0 Å². The van der Waals surface area contributed by atoms with Crippen LogP contribution in [-0.4, -0.2) is 35.7 Å². The van der Waals surface area contributed by atoms with Crippen molar-refractivity contribution >= 4 is 29.2 Å². The number of carbonyl (C=O) groups excluding carboxylic acids is 1. The number of H-pyrrole nitrogens is 1. The molecular weight excluding hydrogens is 264 g/mol. The van der Waals surface area contributed by atoms with E-state index in [9.17, 15) is 4.79 Å². The van der Waals surface area contributed by atoms with Crippen LogP contribution in [0.3, 0.4) is 0 Å². The SMILES string of the molecule is CCCNCCNC(=O)c1cccc2cn[nH]c12.Cl. The number of aromatic amines is 1. The van der Waals surface area contributed by atoms with Crippen LogP contribution in [0.1, 0.15) is 23.7 Å². The predicted octanol–water partition coefficient (Wildman–Crippen LogP) is 1.71. The molecule has 2 rings (SSSR count). The van der Waals surface area contributed by atoms with Gasteiger partial charge in [-0.25, -0.2) is 0 Å². The Morgan fingerprint density at radius 2 is 2.16 bits per heavy atom. The molecule has 0 bridgehead atoms. The van der Waals surface area contributed by atoms with Crippen LogP contribution in [0.2, 0.25) is 0 Å². The van der Waals surface area contributed by atoms with Crippen LogP contribution >= 0.6 is 12.4 Å². The number of nitrogens with zero attached hydrogens (tertiary/aromatic N) is 1. The van der Waals surface area contributed by atoms with Crippen LogP contribution in [0.15, 0.2) is 24.4 Å². The Morgan fingerprint density at radius 3 is 2.95 bits per heavy atom. The first-order valence-corrected chi connectivity index (χ1v) is 6.24. The van der Waals surface area contributed by atoms with Gasteiger partial charge in [-0.2, -0.15) is 5.10 Å². The highest BCUT2D eigenvalue weighted by molar-refractivity contribution is 6.05. The summed E-state index contributed by atoms with van der Waals surface area (Å²) in [4.78, 5) is 12.0. The van der Waals surface area contributed by atoms with Crippen molar-refractivity contribution in [3.63, 3.8) is 0 Å². The molecule has 2 aromatic rings. The van der Waals surface area contributed by atoms with Gasteiger partial charge in [-0.3, -0.25) is 9.89 Å². The van der Waals surface area contributed by atoms with Crippen molar-refractivity contribution in [2.45, 2.75) is 13.3 Å². The molecule has 19 heavy (non-hydrogen) atoms. The van der Waals surface area contributed by atoms with Gasteiger partial charge in [0.05, 0.1) is 17.3 Å². The number of rotatable bonds is 6. The lowest BCUT2D eigenvalue weighted by molar-refractivity contribution is 0.0955. The third kappa shape index (κ3) is 3.94. The molecule has 0 aliphatic carbocycles. The molecule has 1 amide bonds. The van der Waals surface area contributed by atoms with E-state index in [1.54, 1.807) is 12.3 Å². The number of amides is 1. The summed E-state index contributed by atoms with van der Waals surface area (Å²) in [6, 6.07) is 5.59. The molecule has 0 unspecified atom stereocenters. The van der Waals surface area contributed by atoms with Gasteiger partial charge in [0.15, 0.2) is 0 Å². The first-order chi connectivity index (χ1) is 8.83. The topological polar surface area (TPSA) is 69.8 Å². The molecule has 5 nitrogen and oxygen atoms in total. The zero-order chi connectivity index (χ0) is 12.8. The van der Waals surface area contributed by atoms with E-state index in [-0.39, 0.29) is 18.3 Å². The van der Waals surface area contributed by atoms with Gasteiger partial charge < -0.3 is 10.6 Å². The maximum absolute atomic E-state index is 12.0. The number of hydrogen-bond donors (Lipinski definition) is 3. The Hall–Kier alpha value is -1.59. The van der Waals surface area contributed by atoms with Crippen molar-refractivity contribution in [2.24, 2.45) is 0 Å². The zero-order valence-corrected chi connectivity index (χ0v) is 11.7. The number of fused-ring (bicyclic) bond motifs is 1. The quantitative estimate of drug-likeness (QED) is 0.707. The lowest BCUT2D eigenvalue weighted by Crippen LogP contribution is -2.32. The molecule has 0 aliphatic rings. The highest BCUT2D eigenvalue weighted by atomic mass is 35.5. The highest BCUT2D eigenvalue weighted by Crippen LogP contribution is 2.14. The zero-order valence-electron chi connectivity index (χ0n) is 10.9. The van der Waals surface area contributed by atoms with Gasteiger partial charge in [-0.1, -0.05) is 19.1 Å². The fraction of sp³-hybridized carbons (Fsp3) is 0.385. The minimum atomic E-state index is -0.0665. The Balaban J connectivity index is 0.00000180. The van der Waals surface area contributed by atoms with E-state index in [1.807, 2.05) is 12.1 Å². The summed E-state index contributed by atoms with van der Waals surface area (Å²) in [6.45, 7) is 4.51. The monoisotopic (exact) mass is 282 g/mol. The normalized spacial score (nSPS) is 10.2. The second-order valence-corrected chi connectivity index (χ2v) is 4.15. The number of para-hydroxylation sites is 1. The van der Waals surface area contributed by atoms with E-state index >= 15 is 0 Å². The molecular formula is C13H19ClN4O. The minimum Gasteiger partial charge on any atom is -0.351 e. The highest BCUT2D eigenvalue weighted by Gasteiger charge is 2.10. The molecule has 0 saturated heterocycles. The average Bonchev–Trinajstić information content (AvgIpc) is 2.86. The largest absolute Gasteiger partial charge is 0.351 e. The molecule has 1 aromatic carbocycles. The number of aromatic nitrogens is 2. The van der Waals surface area contributed by atoms with E-state index in [2.05, 4.69) is 27.8 Å². The Kier molecular flexibility index (Phi) is 6.32. The summed E-state index contributed by atoms with van der Waals surface area (Å²) in [5, 5.41) is 13.9. The maximum atomic E-state index is 12.0. The minimum absolute atomic E-state index is 0. The van der Waals surface area contributed by atoms with Crippen molar-refractivity contribution in [1.82, 2.24) is 20.8 Å². The van der Waals surface area contributed by atoms with Crippen LogP contribution in [0, 0.1) is 0 Å². The van der Waals surface area contributed by atoms with E-state index in [0.29, 0.717) is 12.1 Å². The standard InChI is InChI=1S/C13H18N4O.ClH/c1-2-6-14-7-8-15-13(18)11-5-3-4-10-9-16-17-12(10)11;/h3-5,9,14H,2,6-8H2,1H3,(H,15,18)(H,16,17);1H. The summed E-state index contributed by atoms with van der Waals surface area (Å²) in [5.74, 6) is -0.0665. The summed E-state index contributed by atoms with van der Waals surface area (Å²) in [6.07, 6.45) is 2.82. The third-order valence-electron chi connectivity index (χ3n) is 2.74. The molecule has 6 heteroatoms. The number of halogens is 1. The van der Waals surface area contributed by atoms with Gasteiger partial charge in [0, 0.05) is 18.5 Å².